The number of benzene rings is 3. The van der Waals surface area contributed by atoms with Gasteiger partial charge in [-0.05, 0) is 35.9 Å². The molecule has 0 heterocycles. The summed E-state index contributed by atoms with van der Waals surface area (Å²) in [5.41, 5.74) is 2.12. The van der Waals surface area contributed by atoms with Gasteiger partial charge in [-0.2, -0.15) is 0 Å². The van der Waals surface area contributed by atoms with Crippen LogP contribution in [0.5, 0.6) is 28.7 Å². The molecule has 3 aromatic carbocycles. The van der Waals surface area contributed by atoms with Crippen molar-refractivity contribution in [2.45, 2.75) is 0 Å². The van der Waals surface area contributed by atoms with Crippen molar-refractivity contribution < 1.29 is 29.2 Å². The minimum atomic E-state index is -0.456. The topological polar surface area (TPSA) is 97.3 Å². The molecule has 7 nitrogen and oxygen atoms in total. The van der Waals surface area contributed by atoms with Crippen LogP contribution in [0.4, 0.5) is 5.69 Å². The van der Waals surface area contributed by atoms with E-state index in [-0.39, 0.29) is 17.2 Å². The highest BCUT2D eigenvalue weighted by Gasteiger charge is 2.13. The van der Waals surface area contributed by atoms with E-state index in [1.165, 1.54) is 45.6 Å². The fourth-order valence-electron chi connectivity index (χ4n) is 3.17. The number of aromatic hydroxyl groups is 2. The van der Waals surface area contributed by atoms with E-state index in [1.807, 2.05) is 0 Å². The third-order valence-electron chi connectivity index (χ3n) is 4.82. The van der Waals surface area contributed by atoms with Gasteiger partial charge in [0.05, 0.1) is 27.0 Å². The first-order chi connectivity index (χ1) is 16.0. The molecule has 7 heteroatoms. The average molecular weight is 447 g/mol. The first-order valence-electron chi connectivity index (χ1n) is 10.0. The van der Waals surface area contributed by atoms with Gasteiger partial charge >= 0.3 is 0 Å². The minimum Gasteiger partial charge on any atom is -0.507 e. The second-order valence-corrected chi connectivity index (χ2v) is 6.91. The maximum absolute atomic E-state index is 12.5. The number of methoxy groups -OCH3 is 3. The molecule has 33 heavy (non-hydrogen) atoms. The second-order valence-electron chi connectivity index (χ2n) is 6.91. The fourth-order valence-corrected chi connectivity index (χ4v) is 3.17. The normalized spacial score (nSPS) is 11.0. The molecule has 1 amide bonds. The summed E-state index contributed by atoms with van der Waals surface area (Å²) < 4.78 is 16.1. The number of carbonyl (C=O) groups excluding carboxylic acids is 1. The molecule has 0 aliphatic carbocycles. The molecule has 0 aliphatic heterocycles. The van der Waals surface area contributed by atoms with Gasteiger partial charge in [-0.25, -0.2) is 0 Å². The van der Waals surface area contributed by atoms with E-state index in [0.717, 1.165) is 5.56 Å². The number of hydrogen-bond donors (Lipinski definition) is 3. The molecule has 0 aliphatic rings. The van der Waals surface area contributed by atoms with Crippen LogP contribution in [-0.2, 0) is 4.79 Å². The predicted octanol–water partition coefficient (Wildman–Crippen LogP) is 4.95. The lowest BCUT2D eigenvalue weighted by molar-refractivity contribution is -0.111. The van der Waals surface area contributed by atoms with Crippen molar-refractivity contribution >= 4 is 29.8 Å². The molecular formula is C26H25NO6. The van der Waals surface area contributed by atoms with E-state index in [2.05, 4.69) is 5.32 Å². The van der Waals surface area contributed by atoms with Crippen molar-refractivity contribution in [3.05, 3.63) is 77.4 Å². The number of rotatable bonds is 8. The molecule has 0 atom stereocenters. The highest BCUT2D eigenvalue weighted by Crippen LogP contribution is 2.39. The van der Waals surface area contributed by atoms with Crippen LogP contribution in [-0.4, -0.2) is 37.4 Å². The lowest BCUT2D eigenvalue weighted by atomic mass is 10.1. The zero-order valence-electron chi connectivity index (χ0n) is 18.5. The molecule has 0 radical (unpaired) electrons. The number of para-hydroxylation sites is 2. The van der Waals surface area contributed by atoms with Gasteiger partial charge in [0.15, 0.2) is 11.5 Å². The molecule has 0 bridgehead atoms. The van der Waals surface area contributed by atoms with Crippen LogP contribution in [0.25, 0.3) is 18.2 Å². The highest BCUT2D eigenvalue weighted by atomic mass is 16.5. The van der Waals surface area contributed by atoms with E-state index in [0.29, 0.717) is 28.4 Å². The first-order valence-corrected chi connectivity index (χ1v) is 10.0. The quantitative estimate of drug-likeness (QED) is 0.257. The van der Waals surface area contributed by atoms with Gasteiger partial charge in [0, 0.05) is 17.2 Å². The zero-order chi connectivity index (χ0) is 23.8. The Morgan fingerprint density at radius 3 is 2.06 bits per heavy atom. The van der Waals surface area contributed by atoms with Crippen molar-refractivity contribution in [1.29, 1.82) is 0 Å². The Kier molecular flexibility index (Phi) is 7.60. The summed E-state index contributed by atoms with van der Waals surface area (Å²) in [6.45, 7) is 0. The van der Waals surface area contributed by atoms with E-state index >= 15 is 0 Å². The van der Waals surface area contributed by atoms with Crippen LogP contribution in [0.15, 0.2) is 60.7 Å². The first kappa shape index (κ1) is 23.3. The summed E-state index contributed by atoms with van der Waals surface area (Å²) in [4.78, 5) is 12.5. The number of amides is 1. The lowest BCUT2D eigenvalue weighted by Gasteiger charge is -2.13. The molecule has 3 rings (SSSR count). The molecular weight excluding hydrogens is 422 g/mol. The Hall–Kier alpha value is -4.39. The monoisotopic (exact) mass is 447 g/mol. The number of phenols is 2. The second kappa shape index (κ2) is 10.8. The van der Waals surface area contributed by atoms with E-state index in [4.69, 9.17) is 14.2 Å². The summed E-state index contributed by atoms with van der Waals surface area (Å²) >= 11 is 0. The molecule has 0 saturated heterocycles. The summed E-state index contributed by atoms with van der Waals surface area (Å²) in [5.74, 6) is 1.04. The van der Waals surface area contributed by atoms with Gasteiger partial charge in [0.1, 0.15) is 11.5 Å². The molecule has 0 fully saturated rings. The Morgan fingerprint density at radius 2 is 1.42 bits per heavy atom. The van der Waals surface area contributed by atoms with Gasteiger partial charge in [0.2, 0.25) is 11.7 Å². The minimum absolute atomic E-state index is 0.0677. The standard InChI is InChI=1S/C26H25NO6/c1-31-22-15-17(16-23(32-2)26(22)33-3)11-12-19-8-6-10-21(29)25(19)27-24(30)14-13-18-7-4-5-9-20(18)28/h4-16,28-29H,1-3H3,(H,27,30)/b12-11?,14-13+. The smallest absolute Gasteiger partial charge is 0.248 e. The average Bonchev–Trinajstić information content (AvgIpc) is 2.83. The van der Waals surface area contributed by atoms with Crippen molar-refractivity contribution in [3.63, 3.8) is 0 Å². The van der Waals surface area contributed by atoms with E-state index < -0.39 is 5.91 Å². The van der Waals surface area contributed by atoms with Gasteiger partial charge in [-0.1, -0.05) is 42.5 Å². The Morgan fingerprint density at radius 1 is 0.788 bits per heavy atom. The zero-order valence-corrected chi connectivity index (χ0v) is 18.5. The largest absolute Gasteiger partial charge is 0.507 e. The third-order valence-corrected chi connectivity index (χ3v) is 4.82. The Labute approximate surface area is 192 Å². The van der Waals surface area contributed by atoms with Gasteiger partial charge in [-0.3, -0.25) is 4.79 Å². The maximum Gasteiger partial charge on any atom is 0.248 e. The van der Waals surface area contributed by atoms with E-state index in [9.17, 15) is 15.0 Å². The van der Waals surface area contributed by atoms with Crippen LogP contribution < -0.4 is 19.5 Å². The van der Waals surface area contributed by atoms with Gasteiger partial charge < -0.3 is 29.7 Å². The van der Waals surface area contributed by atoms with Crippen molar-refractivity contribution in [3.8, 4) is 28.7 Å². The van der Waals surface area contributed by atoms with Gasteiger partial charge in [0.25, 0.3) is 0 Å². The molecule has 0 unspecified atom stereocenters. The molecule has 0 saturated carbocycles. The number of anilines is 1. The van der Waals surface area contributed by atoms with Crippen LogP contribution in [0.3, 0.4) is 0 Å². The molecule has 0 aromatic heterocycles. The number of carbonyl (C=O) groups is 1. The summed E-state index contributed by atoms with van der Waals surface area (Å²) in [5, 5.41) is 22.8. The highest BCUT2D eigenvalue weighted by molar-refractivity contribution is 6.04. The molecule has 170 valence electrons. The third kappa shape index (κ3) is 5.65. The summed E-state index contributed by atoms with van der Waals surface area (Å²) in [6, 6.07) is 15.2. The maximum atomic E-state index is 12.5. The lowest BCUT2D eigenvalue weighted by Crippen LogP contribution is -2.09. The fraction of sp³-hybridized carbons (Fsp3) is 0.115. The molecule has 3 aromatic rings. The SMILES string of the molecule is COc1cc(C=Cc2cccc(O)c2NC(=O)/C=C/c2ccccc2O)cc(OC)c1OC. The predicted molar refractivity (Wildman–Crippen MR) is 129 cm³/mol. The number of phenolic OH excluding ortho intramolecular Hbond substituents is 2. The number of nitrogens with one attached hydrogen (secondary N) is 1. The Bertz CT molecular complexity index is 1170. The van der Waals surface area contributed by atoms with Crippen molar-refractivity contribution in [2.75, 3.05) is 26.6 Å². The van der Waals surface area contributed by atoms with Crippen LogP contribution in [0.1, 0.15) is 16.7 Å². The van der Waals surface area contributed by atoms with Crippen LogP contribution in [0, 0.1) is 0 Å². The molecule has 0 spiro atoms. The number of ether oxygens (including phenoxy) is 3. The van der Waals surface area contributed by atoms with Crippen molar-refractivity contribution in [2.24, 2.45) is 0 Å². The number of hydrogen-bond acceptors (Lipinski definition) is 6. The van der Waals surface area contributed by atoms with Crippen molar-refractivity contribution in [1.82, 2.24) is 0 Å². The summed E-state index contributed by atoms with van der Waals surface area (Å²) in [7, 11) is 4.61. The van der Waals surface area contributed by atoms with Crippen LogP contribution >= 0.6 is 0 Å². The molecule has 3 N–H and O–H groups in total. The Balaban J connectivity index is 1.86. The van der Waals surface area contributed by atoms with Gasteiger partial charge in [-0.15, -0.1) is 0 Å². The summed E-state index contributed by atoms with van der Waals surface area (Å²) in [6.07, 6.45) is 6.33. The van der Waals surface area contributed by atoms with E-state index in [1.54, 1.807) is 54.6 Å². The van der Waals surface area contributed by atoms with Crippen LogP contribution in [0.2, 0.25) is 0 Å².